The number of rotatable bonds is 9. The third kappa shape index (κ3) is 8.47. The van der Waals surface area contributed by atoms with E-state index >= 15 is 0 Å². The monoisotopic (exact) mass is 216 g/mol. The van der Waals surface area contributed by atoms with Gasteiger partial charge in [0.2, 0.25) is 0 Å². The molecule has 0 heterocycles. The van der Waals surface area contributed by atoms with E-state index in [-0.39, 0.29) is 0 Å². The number of unbranched alkanes of at least 4 members (excludes halogenated alkanes) is 1. The van der Waals surface area contributed by atoms with Gasteiger partial charge in [-0.05, 0) is 39.2 Å². The summed E-state index contributed by atoms with van der Waals surface area (Å²) in [4.78, 5) is 0. The Morgan fingerprint density at radius 3 is 2.14 bits per heavy atom. The maximum atomic E-state index is 5.58. The quantitative estimate of drug-likeness (QED) is 0.335. The third-order valence-corrected chi connectivity index (χ3v) is 4.21. The van der Waals surface area contributed by atoms with Crippen molar-refractivity contribution < 1.29 is 8.85 Å². The van der Waals surface area contributed by atoms with Crippen LogP contribution in [0.5, 0.6) is 0 Å². The van der Waals surface area contributed by atoms with Gasteiger partial charge in [0.1, 0.15) is 0 Å². The first-order valence-corrected chi connectivity index (χ1v) is 7.49. The lowest BCUT2D eigenvalue weighted by Crippen LogP contribution is -2.22. The van der Waals surface area contributed by atoms with Crippen LogP contribution in [-0.4, -0.2) is 22.5 Å². The van der Waals surface area contributed by atoms with E-state index in [4.69, 9.17) is 8.85 Å². The Morgan fingerprint density at radius 2 is 1.64 bits per heavy atom. The van der Waals surface area contributed by atoms with Gasteiger partial charge < -0.3 is 8.85 Å². The normalized spacial score (nSPS) is 11.7. The molecule has 0 rings (SSSR count). The van der Waals surface area contributed by atoms with Crippen LogP contribution in [0.2, 0.25) is 6.04 Å². The van der Waals surface area contributed by atoms with Crippen molar-refractivity contribution in [3.63, 3.8) is 0 Å². The van der Waals surface area contributed by atoms with Gasteiger partial charge in [0.25, 0.3) is 0 Å². The average Bonchev–Trinajstić information content (AvgIpc) is 2.18. The van der Waals surface area contributed by atoms with Crippen LogP contribution in [0.4, 0.5) is 0 Å². The van der Waals surface area contributed by atoms with Crippen molar-refractivity contribution in [3.05, 3.63) is 12.2 Å². The summed E-state index contributed by atoms with van der Waals surface area (Å²) in [6.45, 7) is 7.82. The molecule has 3 heteroatoms. The number of hydrogen-bond donors (Lipinski definition) is 0. The largest absolute Gasteiger partial charge is 0.397 e. The molecule has 0 radical (unpaired) electrons. The smallest absolute Gasteiger partial charge is 0.321 e. The van der Waals surface area contributed by atoms with E-state index < -0.39 is 9.28 Å². The maximum absolute atomic E-state index is 5.58. The molecule has 2 nitrogen and oxygen atoms in total. The first kappa shape index (κ1) is 13.9. The van der Waals surface area contributed by atoms with Crippen molar-refractivity contribution in [2.75, 3.05) is 13.2 Å². The summed E-state index contributed by atoms with van der Waals surface area (Å²) in [6.07, 6.45) is 7.98. The molecule has 14 heavy (non-hydrogen) atoms. The molecule has 0 aromatic rings. The molecule has 0 bridgehead atoms. The van der Waals surface area contributed by atoms with Gasteiger partial charge in [-0.15, -0.1) is 0 Å². The lowest BCUT2D eigenvalue weighted by Gasteiger charge is -2.13. The first-order valence-electron chi connectivity index (χ1n) is 5.73. The summed E-state index contributed by atoms with van der Waals surface area (Å²) in [5.41, 5.74) is 0. The predicted octanol–water partition coefficient (Wildman–Crippen LogP) is 3.03. The van der Waals surface area contributed by atoms with E-state index in [0.717, 1.165) is 32.1 Å². The second-order valence-electron chi connectivity index (χ2n) is 3.15. The van der Waals surface area contributed by atoms with Gasteiger partial charge in [0, 0.05) is 13.2 Å². The molecule has 0 aliphatic heterocycles. The summed E-state index contributed by atoms with van der Waals surface area (Å²) < 4.78 is 11.2. The lowest BCUT2D eigenvalue weighted by molar-refractivity contribution is 0.213. The Kier molecular flexibility index (Phi) is 10.9. The highest BCUT2D eigenvalue weighted by molar-refractivity contribution is 6.44. The SMILES string of the molecule is CCC=CCCC[SiH](OCC)OCC. The van der Waals surface area contributed by atoms with Gasteiger partial charge in [0.15, 0.2) is 0 Å². The van der Waals surface area contributed by atoms with Gasteiger partial charge in [-0.3, -0.25) is 0 Å². The first-order chi connectivity index (χ1) is 6.85. The van der Waals surface area contributed by atoms with Crippen LogP contribution >= 0.6 is 0 Å². The average molecular weight is 216 g/mol. The van der Waals surface area contributed by atoms with Crippen molar-refractivity contribution in [1.29, 1.82) is 0 Å². The molecular formula is C11H24O2Si. The Morgan fingerprint density at radius 1 is 1.00 bits per heavy atom. The second-order valence-corrected chi connectivity index (χ2v) is 5.25. The van der Waals surface area contributed by atoms with Crippen LogP contribution < -0.4 is 0 Å². The number of hydrogen-bond acceptors (Lipinski definition) is 2. The zero-order valence-corrected chi connectivity index (χ0v) is 10.9. The van der Waals surface area contributed by atoms with E-state index in [0.29, 0.717) is 0 Å². The molecule has 0 unspecified atom stereocenters. The van der Waals surface area contributed by atoms with Crippen molar-refractivity contribution >= 4 is 9.28 Å². The lowest BCUT2D eigenvalue weighted by atomic mass is 10.3. The maximum Gasteiger partial charge on any atom is 0.321 e. The highest BCUT2D eigenvalue weighted by atomic mass is 28.3. The molecule has 0 aliphatic carbocycles. The molecular weight excluding hydrogens is 192 g/mol. The van der Waals surface area contributed by atoms with Gasteiger partial charge in [-0.2, -0.15) is 0 Å². The Labute approximate surface area is 90.2 Å². The molecule has 0 atom stereocenters. The van der Waals surface area contributed by atoms with Gasteiger partial charge in [-0.1, -0.05) is 19.1 Å². The minimum Gasteiger partial charge on any atom is -0.397 e. The van der Waals surface area contributed by atoms with Crippen LogP contribution in [0.3, 0.4) is 0 Å². The Balaban J connectivity index is 3.44. The molecule has 0 N–H and O–H groups in total. The van der Waals surface area contributed by atoms with E-state index in [9.17, 15) is 0 Å². The Hall–Kier alpha value is -0.123. The minimum atomic E-state index is -1.32. The van der Waals surface area contributed by atoms with Crippen LogP contribution in [0.1, 0.15) is 40.0 Å². The molecule has 0 saturated heterocycles. The van der Waals surface area contributed by atoms with Crippen LogP contribution in [0, 0.1) is 0 Å². The molecule has 0 aliphatic rings. The van der Waals surface area contributed by atoms with Crippen LogP contribution in [0.25, 0.3) is 0 Å². The fourth-order valence-electron chi connectivity index (χ4n) is 1.27. The molecule has 0 spiro atoms. The molecule has 0 aromatic carbocycles. The van der Waals surface area contributed by atoms with Crippen LogP contribution in [-0.2, 0) is 8.85 Å². The van der Waals surface area contributed by atoms with Crippen molar-refractivity contribution in [2.45, 2.75) is 46.1 Å². The van der Waals surface area contributed by atoms with E-state index in [1.165, 1.54) is 6.42 Å². The fourth-order valence-corrected chi connectivity index (χ4v) is 3.02. The summed E-state index contributed by atoms with van der Waals surface area (Å²) in [5.74, 6) is 0. The standard InChI is InChI=1S/C11H24O2Si/c1-4-7-8-9-10-11-14(12-5-2)13-6-3/h7-8,14H,4-6,9-11H2,1-3H3. The molecule has 0 fully saturated rings. The number of allylic oxidation sites excluding steroid dienone is 2. The predicted molar refractivity (Wildman–Crippen MR) is 63.9 cm³/mol. The summed E-state index contributed by atoms with van der Waals surface area (Å²) >= 11 is 0. The summed E-state index contributed by atoms with van der Waals surface area (Å²) in [6, 6.07) is 1.13. The summed E-state index contributed by atoms with van der Waals surface area (Å²) in [5, 5.41) is 0. The highest BCUT2D eigenvalue weighted by Gasteiger charge is 2.10. The van der Waals surface area contributed by atoms with Crippen molar-refractivity contribution in [2.24, 2.45) is 0 Å². The third-order valence-electron chi connectivity index (χ3n) is 1.92. The van der Waals surface area contributed by atoms with Gasteiger partial charge in [0.05, 0.1) is 0 Å². The zero-order chi connectivity index (χ0) is 10.6. The summed E-state index contributed by atoms with van der Waals surface area (Å²) in [7, 11) is -1.32. The molecule has 0 amide bonds. The van der Waals surface area contributed by atoms with Gasteiger partial charge >= 0.3 is 9.28 Å². The van der Waals surface area contributed by atoms with Crippen LogP contribution in [0.15, 0.2) is 12.2 Å². The molecule has 0 aromatic heterocycles. The second kappa shape index (κ2) is 11.0. The van der Waals surface area contributed by atoms with E-state index in [1.807, 2.05) is 13.8 Å². The van der Waals surface area contributed by atoms with E-state index in [1.54, 1.807) is 0 Å². The van der Waals surface area contributed by atoms with Crippen molar-refractivity contribution in [1.82, 2.24) is 0 Å². The zero-order valence-electron chi connectivity index (χ0n) is 9.79. The Bertz CT molecular complexity index is 131. The fraction of sp³-hybridized carbons (Fsp3) is 0.818. The highest BCUT2D eigenvalue weighted by Crippen LogP contribution is 2.05. The minimum absolute atomic E-state index is 0.793. The van der Waals surface area contributed by atoms with E-state index in [2.05, 4.69) is 19.1 Å². The molecule has 84 valence electrons. The van der Waals surface area contributed by atoms with Gasteiger partial charge in [-0.25, -0.2) is 0 Å². The topological polar surface area (TPSA) is 18.5 Å². The molecule has 0 saturated carbocycles. The van der Waals surface area contributed by atoms with Crippen molar-refractivity contribution in [3.8, 4) is 0 Å².